The van der Waals surface area contributed by atoms with Gasteiger partial charge in [-0.1, -0.05) is 36.9 Å². The van der Waals surface area contributed by atoms with Gasteiger partial charge in [-0.25, -0.2) is 0 Å². The second kappa shape index (κ2) is 9.83. The summed E-state index contributed by atoms with van der Waals surface area (Å²) in [6.45, 7) is 13.5. The van der Waals surface area contributed by atoms with E-state index in [0.717, 1.165) is 67.2 Å². The summed E-state index contributed by atoms with van der Waals surface area (Å²) in [5.74, 6) is 0.962. The molecule has 3 rings (SSSR count). The lowest BCUT2D eigenvalue weighted by Crippen LogP contribution is -2.36. The van der Waals surface area contributed by atoms with Gasteiger partial charge in [-0.3, -0.25) is 4.98 Å². The molecular weight excluding hydrogens is 368 g/mol. The highest BCUT2D eigenvalue weighted by Crippen LogP contribution is 2.33. The van der Waals surface area contributed by atoms with Crippen LogP contribution in [0.5, 0.6) is 0 Å². The molecule has 0 amide bonds. The number of aryl methyl sites for hydroxylation is 1. The predicted molar refractivity (Wildman–Crippen MR) is 120 cm³/mol. The van der Waals surface area contributed by atoms with Crippen molar-refractivity contribution in [3.05, 3.63) is 65.2 Å². The number of nitrogens with one attached hydrogen (secondary N) is 2. The van der Waals surface area contributed by atoms with Gasteiger partial charge in [-0.05, 0) is 62.4 Å². The summed E-state index contributed by atoms with van der Waals surface area (Å²) in [6.07, 6.45) is 7.19. The third-order valence-corrected chi connectivity index (χ3v) is 5.79. The zero-order valence-corrected chi connectivity index (χ0v) is 17.6. The first-order chi connectivity index (χ1) is 13.6. The third kappa shape index (κ3) is 4.79. The van der Waals surface area contributed by atoms with E-state index in [2.05, 4.69) is 53.8 Å². The van der Waals surface area contributed by atoms with E-state index in [1.807, 2.05) is 0 Å². The second-order valence-corrected chi connectivity index (χ2v) is 7.66. The largest absolute Gasteiger partial charge is 0.390 e. The Morgan fingerprint density at radius 3 is 2.89 bits per heavy atom. The summed E-state index contributed by atoms with van der Waals surface area (Å²) in [5.41, 5.74) is 4.75. The average Bonchev–Trinajstić information content (AvgIpc) is 2.70. The number of aromatic nitrogens is 1. The molecule has 150 valence electrons. The standard InChI is InChI=1S/C23H31ClN4/c1-4-25-13-15-28(17(3)26-5-2)14-12-18-10-11-20-22(16-18)27-21-9-7-6-8-19(21)23(20)24/h4,10-11,16,25-26H,1,3,5-9,12-15H2,2H3. The lowest BCUT2D eigenvalue weighted by molar-refractivity contribution is 0.328. The highest BCUT2D eigenvalue weighted by molar-refractivity contribution is 6.36. The zero-order valence-electron chi connectivity index (χ0n) is 16.9. The van der Waals surface area contributed by atoms with E-state index < -0.39 is 0 Å². The maximum atomic E-state index is 6.70. The van der Waals surface area contributed by atoms with Crippen molar-refractivity contribution in [2.24, 2.45) is 0 Å². The maximum Gasteiger partial charge on any atom is 0.0939 e. The van der Waals surface area contributed by atoms with E-state index in [9.17, 15) is 0 Å². The van der Waals surface area contributed by atoms with Gasteiger partial charge in [0.05, 0.1) is 16.4 Å². The van der Waals surface area contributed by atoms with Crippen LogP contribution in [-0.4, -0.2) is 36.1 Å². The minimum atomic E-state index is 0.842. The van der Waals surface area contributed by atoms with Crippen molar-refractivity contribution in [3.63, 3.8) is 0 Å². The molecule has 0 saturated heterocycles. The first-order valence-electron chi connectivity index (χ1n) is 10.3. The summed E-state index contributed by atoms with van der Waals surface area (Å²) in [6, 6.07) is 6.52. The monoisotopic (exact) mass is 398 g/mol. The van der Waals surface area contributed by atoms with Crippen molar-refractivity contribution >= 4 is 22.5 Å². The Kier molecular flexibility index (Phi) is 7.21. The van der Waals surface area contributed by atoms with Crippen LogP contribution in [0.25, 0.3) is 10.9 Å². The predicted octanol–water partition coefficient (Wildman–Crippen LogP) is 4.43. The number of benzene rings is 1. The molecular formula is C23H31ClN4. The third-order valence-electron chi connectivity index (χ3n) is 5.36. The van der Waals surface area contributed by atoms with Crippen LogP contribution in [0.3, 0.4) is 0 Å². The molecule has 0 unspecified atom stereocenters. The lowest BCUT2D eigenvalue weighted by Gasteiger charge is -2.27. The van der Waals surface area contributed by atoms with Crippen molar-refractivity contribution in [1.82, 2.24) is 20.5 Å². The van der Waals surface area contributed by atoms with E-state index in [4.69, 9.17) is 16.6 Å². The molecule has 0 fully saturated rings. The Morgan fingerprint density at radius 2 is 2.11 bits per heavy atom. The van der Waals surface area contributed by atoms with Gasteiger partial charge >= 0.3 is 0 Å². The van der Waals surface area contributed by atoms with E-state index in [-0.39, 0.29) is 0 Å². The first kappa shape index (κ1) is 20.5. The van der Waals surface area contributed by atoms with Gasteiger partial charge in [0.2, 0.25) is 0 Å². The molecule has 4 nitrogen and oxygen atoms in total. The van der Waals surface area contributed by atoms with Crippen LogP contribution < -0.4 is 10.6 Å². The van der Waals surface area contributed by atoms with Crippen molar-refractivity contribution in [2.75, 3.05) is 26.2 Å². The number of halogens is 1. The van der Waals surface area contributed by atoms with Gasteiger partial charge in [-0.2, -0.15) is 0 Å². The summed E-state index contributed by atoms with van der Waals surface area (Å²) in [4.78, 5) is 7.22. The summed E-state index contributed by atoms with van der Waals surface area (Å²) < 4.78 is 0. The van der Waals surface area contributed by atoms with E-state index in [0.29, 0.717) is 0 Å². The van der Waals surface area contributed by atoms with Gasteiger partial charge in [-0.15, -0.1) is 0 Å². The van der Waals surface area contributed by atoms with E-state index in [1.54, 1.807) is 6.20 Å². The fourth-order valence-corrected chi connectivity index (χ4v) is 4.19. The Labute approximate surface area is 173 Å². The zero-order chi connectivity index (χ0) is 19.9. The van der Waals surface area contributed by atoms with E-state index >= 15 is 0 Å². The highest BCUT2D eigenvalue weighted by atomic mass is 35.5. The second-order valence-electron chi connectivity index (χ2n) is 7.28. The smallest absolute Gasteiger partial charge is 0.0939 e. The van der Waals surface area contributed by atoms with Crippen LogP contribution in [0, 0.1) is 0 Å². The normalized spacial score (nSPS) is 13.1. The van der Waals surface area contributed by atoms with Crippen LogP contribution in [-0.2, 0) is 19.3 Å². The summed E-state index contributed by atoms with van der Waals surface area (Å²) >= 11 is 6.70. The molecule has 0 atom stereocenters. The Morgan fingerprint density at radius 1 is 1.29 bits per heavy atom. The van der Waals surface area contributed by atoms with Crippen molar-refractivity contribution < 1.29 is 0 Å². The SMILES string of the molecule is C=CNCCN(CCc1ccc2c(Cl)c3c(nc2c1)CCCC3)C(=C)NCC. The van der Waals surface area contributed by atoms with Gasteiger partial charge in [0.15, 0.2) is 0 Å². The molecule has 28 heavy (non-hydrogen) atoms. The van der Waals surface area contributed by atoms with Gasteiger partial charge in [0.25, 0.3) is 0 Å². The number of hydrogen-bond acceptors (Lipinski definition) is 4. The maximum absolute atomic E-state index is 6.70. The average molecular weight is 399 g/mol. The molecule has 0 aliphatic heterocycles. The molecule has 0 radical (unpaired) electrons. The fourth-order valence-electron chi connectivity index (χ4n) is 3.83. The van der Waals surface area contributed by atoms with Gasteiger partial charge in [0, 0.05) is 37.3 Å². The quantitative estimate of drug-likeness (QED) is 0.581. The molecule has 0 spiro atoms. The molecule has 1 heterocycles. The first-order valence-corrected chi connectivity index (χ1v) is 10.6. The van der Waals surface area contributed by atoms with Gasteiger partial charge in [0.1, 0.15) is 0 Å². The number of pyridine rings is 1. The Bertz CT molecular complexity index is 846. The molecule has 2 N–H and O–H groups in total. The number of hydrogen-bond donors (Lipinski definition) is 2. The highest BCUT2D eigenvalue weighted by Gasteiger charge is 2.17. The van der Waals surface area contributed by atoms with E-state index in [1.165, 1.54) is 29.7 Å². The molecule has 1 aromatic carbocycles. The number of rotatable bonds is 10. The van der Waals surface area contributed by atoms with Crippen LogP contribution in [0.4, 0.5) is 0 Å². The fraction of sp³-hybridized carbons (Fsp3) is 0.435. The topological polar surface area (TPSA) is 40.2 Å². The van der Waals surface area contributed by atoms with Crippen LogP contribution in [0.15, 0.2) is 43.4 Å². The Balaban J connectivity index is 1.75. The van der Waals surface area contributed by atoms with Gasteiger partial charge < -0.3 is 15.5 Å². The minimum Gasteiger partial charge on any atom is -0.390 e. The Hall–Kier alpha value is -2.20. The molecule has 2 aromatic rings. The minimum absolute atomic E-state index is 0.842. The summed E-state index contributed by atoms with van der Waals surface area (Å²) in [5, 5.41) is 8.48. The molecule has 1 aliphatic carbocycles. The number of fused-ring (bicyclic) bond motifs is 2. The van der Waals surface area contributed by atoms with Crippen molar-refractivity contribution in [1.29, 1.82) is 0 Å². The lowest BCUT2D eigenvalue weighted by atomic mass is 9.94. The number of nitrogens with zero attached hydrogens (tertiary/aromatic N) is 2. The summed E-state index contributed by atoms with van der Waals surface area (Å²) in [7, 11) is 0. The van der Waals surface area contributed by atoms with Crippen LogP contribution in [0.1, 0.15) is 36.6 Å². The molecule has 0 saturated carbocycles. The molecule has 1 aromatic heterocycles. The van der Waals surface area contributed by atoms with Crippen molar-refractivity contribution in [2.45, 2.75) is 39.0 Å². The molecule has 0 bridgehead atoms. The molecule has 5 heteroatoms. The van der Waals surface area contributed by atoms with Crippen LogP contribution >= 0.6 is 11.6 Å². The van der Waals surface area contributed by atoms with Crippen LogP contribution in [0.2, 0.25) is 5.02 Å². The molecule has 1 aliphatic rings. The van der Waals surface area contributed by atoms with Crippen molar-refractivity contribution in [3.8, 4) is 0 Å².